The van der Waals surface area contributed by atoms with E-state index in [4.69, 9.17) is 17.0 Å². The van der Waals surface area contributed by atoms with E-state index in [2.05, 4.69) is 16.7 Å². The topological polar surface area (TPSA) is 76.4 Å². The molecule has 0 saturated heterocycles. The van der Waals surface area contributed by atoms with Gasteiger partial charge in [-0.2, -0.15) is 0 Å². The zero-order valence-corrected chi connectivity index (χ0v) is 14.4. The van der Waals surface area contributed by atoms with E-state index in [1.165, 1.54) is 17.7 Å². The average Bonchev–Trinajstić information content (AvgIpc) is 2.55. The predicted molar refractivity (Wildman–Crippen MR) is 98.8 cm³/mol. The number of nitrogens with zero attached hydrogens (tertiary/aromatic N) is 1. The summed E-state index contributed by atoms with van der Waals surface area (Å²) in [7, 11) is 1.66. The standard InChI is InChI=1S/C17H19N3O3S/c1-12-3-8-16(23-2)13(11-12)9-10-18-17(24)19-14-4-6-15(7-5-14)20(21)22/h3-8,11H,9-10H2,1-2H3,(H2,18,19,24). The smallest absolute Gasteiger partial charge is 0.269 e. The molecule has 2 aromatic rings. The summed E-state index contributed by atoms with van der Waals surface area (Å²) >= 11 is 5.24. The van der Waals surface area contributed by atoms with Gasteiger partial charge in [-0.3, -0.25) is 10.1 Å². The van der Waals surface area contributed by atoms with Gasteiger partial charge in [0, 0.05) is 24.4 Å². The van der Waals surface area contributed by atoms with Crippen molar-refractivity contribution < 1.29 is 9.66 Å². The molecule has 0 saturated carbocycles. The van der Waals surface area contributed by atoms with Crippen molar-refractivity contribution in [3.8, 4) is 5.75 Å². The minimum atomic E-state index is -0.435. The lowest BCUT2D eigenvalue weighted by Gasteiger charge is -2.12. The van der Waals surface area contributed by atoms with Crippen LogP contribution in [0.5, 0.6) is 5.75 Å². The SMILES string of the molecule is COc1ccc(C)cc1CCNC(=S)Nc1ccc([N+](=O)[O-])cc1. The number of hydrogen-bond acceptors (Lipinski definition) is 4. The van der Waals surface area contributed by atoms with Gasteiger partial charge < -0.3 is 15.4 Å². The average molecular weight is 345 g/mol. The summed E-state index contributed by atoms with van der Waals surface area (Å²) in [5.41, 5.74) is 3.04. The third-order valence-electron chi connectivity index (χ3n) is 3.45. The van der Waals surface area contributed by atoms with Crippen molar-refractivity contribution in [3.63, 3.8) is 0 Å². The molecule has 0 radical (unpaired) electrons. The van der Waals surface area contributed by atoms with Crippen molar-refractivity contribution in [2.45, 2.75) is 13.3 Å². The Bertz CT molecular complexity index is 732. The number of thiocarbonyl (C=S) groups is 1. The van der Waals surface area contributed by atoms with Crippen molar-refractivity contribution >= 4 is 28.7 Å². The zero-order valence-electron chi connectivity index (χ0n) is 13.5. The van der Waals surface area contributed by atoms with E-state index >= 15 is 0 Å². The van der Waals surface area contributed by atoms with Gasteiger partial charge in [0.05, 0.1) is 12.0 Å². The summed E-state index contributed by atoms with van der Waals surface area (Å²) < 4.78 is 5.35. The molecule has 0 unspecified atom stereocenters. The lowest BCUT2D eigenvalue weighted by molar-refractivity contribution is -0.384. The first-order chi connectivity index (χ1) is 11.5. The number of methoxy groups -OCH3 is 1. The van der Waals surface area contributed by atoms with E-state index in [1.807, 2.05) is 19.1 Å². The van der Waals surface area contributed by atoms with Gasteiger partial charge in [0.25, 0.3) is 5.69 Å². The maximum Gasteiger partial charge on any atom is 0.269 e. The van der Waals surface area contributed by atoms with Crippen LogP contribution in [-0.4, -0.2) is 23.7 Å². The lowest BCUT2D eigenvalue weighted by atomic mass is 10.1. The van der Waals surface area contributed by atoms with Gasteiger partial charge in [-0.1, -0.05) is 17.7 Å². The number of aryl methyl sites for hydroxylation is 1. The van der Waals surface area contributed by atoms with E-state index in [1.54, 1.807) is 19.2 Å². The molecule has 7 heteroatoms. The molecule has 6 nitrogen and oxygen atoms in total. The molecule has 2 N–H and O–H groups in total. The van der Waals surface area contributed by atoms with E-state index in [0.29, 0.717) is 17.3 Å². The molecule has 0 atom stereocenters. The van der Waals surface area contributed by atoms with Crippen molar-refractivity contribution in [2.75, 3.05) is 19.0 Å². The quantitative estimate of drug-likeness (QED) is 0.474. The summed E-state index contributed by atoms with van der Waals surface area (Å²) in [6, 6.07) is 12.2. The Hall–Kier alpha value is -2.67. The summed E-state index contributed by atoms with van der Waals surface area (Å²) in [6.45, 7) is 2.69. The van der Waals surface area contributed by atoms with Gasteiger partial charge in [-0.25, -0.2) is 0 Å². The van der Waals surface area contributed by atoms with Gasteiger partial charge in [0.2, 0.25) is 0 Å². The molecular formula is C17H19N3O3S. The van der Waals surface area contributed by atoms with Crippen molar-refractivity contribution in [2.24, 2.45) is 0 Å². The Balaban J connectivity index is 1.85. The molecule has 2 rings (SSSR count). The number of benzene rings is 2. The summed E-state index contributed by atoms with van der Waals surface area (Å²) in [5, 5.41) is 17.2. The predicted octanol–water partition coefficient (Wildman–Crippen LogP) is 3.44. The van der Waals surface area contributed by atoms with Crippen molar-refractivity contribution in [3.05, 3.63) is 63.7 Å². The number of nitro benzene ring substituents is 1. The largest absolute Gasteiger partial charge is 0.496 e. The fraction of sp³-hybridized carbons (Fsp3) is 0.235. The van der Waals surface area contributed by atoms with E-state index in [9.17, 15) is 10.1 Å². The minimum absolute atomic E-state index is 0.0472. The third kappa shape index (κ3) is 4.92. The van der Waals surface area contributed by atoms with Crippen LogP contribution in [0, 0.1) is 17.0 Å². The van der Waals surface area contributed by atoms with Crippen LogP contribution in [0.4, 0.5) is 11.4 Å². The Morgan fingerprint density at radius 2 is 1.96 bits per heavy atom. The Kier molecular flexibility index (Phi) is 6.08. The van der Waals surface area contributed by atoms with Crippen LogP contribution < -0.4 is 15.4 Å². The van der Waals surface area contributed by atoms with Crippen molar-refractivity contribution in [1.82, 2.24) is 5.32 Å². The Morgan fingerprint density at radius 1 is 1.25 bits per heavy atom. The summed E-state index contributed by atoms with van der Waals surface area (Å²) in [4.78, 5) is 10.2. The lowest BCUT2D eigenvalue weighted by Crippen LogP contribution is -2.30. The first-order valence-electron chi connectivity index (χ1n) is 7.42. The first-order valence-corrected chi connectivity index (χ1v) is 7.83. The molecule has 24 heavy (non-hydrogen) atoms. The van der Waals surface area contributed by atoms with E-state index in [0.717, 1.165) is 17.7 Å². The second-order valence-electron chi connectivity index (χ2n) is 5.25. The highest BCUT2D eigenvalue weighted by Gasteiger charge is 2.06. The highest BCUT2D eigenvalue weighted by molar-refractivity contribution is 7.80. The molecule has 126 valence electrons. The van der Waals surface area contributed by atoms with Crippen LogP contribution in [0.25, 0.3) is 0 Å². The molecule has 0 spiro atoms. The molecule has 0 amide bonds. The number of nitro groups is 1. The highest BCUT2D eigenvalue weighted by Crippen LogP contribution is 2.20. The molecule has 2 aromatic carbocycles. The maximum absolute atomic E-state index is 10.6. The molecule has 0 bridgehead atoms. The van der Waals surface area contributed by atoms with Crippen molar-refractivity contribution in [1.29, 1.82) is 0 Å². The van der Waals surface area contributed by atoms with E-state index in [-0.39, 0.29) is 5.69 Å². The van der Waals surface area contributed by atoms with Gasteiger partial charge in [0.15, 0.2) is 5.11 Å². The van der Waals surface area contributed by atoms with Crippen LogP contribution in [0.2, 0.25) is 0 Å². The highest BCUT2D eigenvalue weighted by atomic mass is 32.1. The van der Waals surface area contributed by atoms with Crippen LogP contribution >= 0.6 is 12.2 Å². The third-order valence-corrected chi connectivity index (χ3v) is 3.70. The zero-order chi connectivity index (χ0) is 17.5. The fourth-order valence-corrected chi connectivity index (χ4v) is 2.48. The van der Waals surface area contributed by atoms with Crippen LogP contribution in [0.1, 0.15) is 11.1 Å². The number of non-ortho nitro benzene ring substituents is 1. The monoisotopic (exact) mass is 345 g/mol. The second kappa shape index (κ2) is 8.26. The molecular weight excluding hydrogens is 326 g/mol. The molecule has 0 aliphatic rings. The maximum atomic E-state index is 10.6. The molecule has 0 aromatic heterocycles. The van der Waals surface area contributed by atoms with Gasteiger partial charge in [0.1, 0.15) is 5.75 Å². The number of anilines is 1. The van der Waals surface area contributed by atoms with Gasteiger partial charge >= 0.3 is 0 Å². The normalized spacial score (nSPS) is 10.1. The fourth-order valence-electron chi connectivity index (χ4n) is 2.26. The van der Waals surface area contributed by atoms with E-state index < -0.39 is 4.92 Å². The Morgan fingerprint density at radius 3 is 2.58 bits per heavy atom. The number of nitrogens with one attached hydrogen (secondary N) is 2. The molecule has 0 fully saturated rings. The first kappa shape index (κ1) is 17.7. The number of rotatable bonds is 6. The minimum Gasteiger partial charge on any atom is -0.496 e. The van der Waals surface area contributed by atoms with Gasteiger partial charge in [-0.15, -0.1) is 0 Å². The van der Waals surface area contributed by atoms with Gasteiger partial charge in [-0.05, 0) is 49.3 Å². The molecule has 0 heterocycles. The van der Waals surface area contributed by atoms with Crippen LogP contribution in [0.3, 0.4) is 0 Å². The molecule has 0 aliphatic carbocycles. The van der Waals surface area contributed by atoms with Crippen LogP contribution in [-0.2, 0) is 6.42 Å². The Labute approximate surface area is 146 Å². The second-order valence-corrected chi connectivity index (χ2v) is 5.66. The van der Waals surface area contributed by atoms with Crippen LogP contribution in [0.15, 0.2) is 42.5 Å². The number of ether oxygens (including phenoxy) is 1. The summed E-state index contributed by atoms with van der Waals surface area (Å²) in [5.74, 6) is 0.858. The molecule has 0 aliphatic heterocycles. The summed E-state index contributed by atoms with van der Waals surface area (Å²) in [6.07, 6.45) is 0.771. The number of hydrogen-bond donors (Lipinski definition) is 2.